The van der Waals surface area contributed by atoms with Gasteiger partial charge in [-0.2, -0.15) is 0 Å². The summed E-state index contributed by atoms with van der Waals surface area (Å²) < 4.78 is 28.6. The van der Waals surface area contributed by atoms with Crippen LogP contribution in [0.25, 0.3) is 0 Å². The number of para-hydroxylation sites is 1. The van der Waals surface area contributed by atoms with Crippen LogP contribution in [0.3, 0.4) is 0 Å². The Morgan fingerprint density at radius 2 is 1.36 bits per heavy atom. The van der Waals surface area contributed by atoms with Crippen LogP contribution >= 0.6 is 0 Å². The topological polar surface area (TPSA) is 95.6 Å². The number of anilines is 2. The molecule has 2 amide bonds. The highest BCUT2D eigenvalue weighted by atomic mass is 32.2. The highest BCUT2D eigenvalue weighted by Crippen LogP contribution is 2.26. The quantitative estimate of drug-likeness (QED) is 0.298. The molecule has 0 heterocycles. The van der Waals surface area contributed by atoms with Crippen molar-refractivity contribution in [3.63, 3.8) is 0 Å². The van der Waals surface area contributed by atoms with E-state index in [9.17, 15) is 18.0 Å². The molecule has 0 atom stereocenters. The predicted molar refractivity (Wildman–Crippen MR) is 154 cm³/mol. The molecule has 200 valence electrons. The first-order valence-corrected chi connectivity index (χ1v) is 14.0. The largest absolute Gasteiger partial charge is 0.348 e. The van der Waals surface area contributed by atoms with Crippen molar-refractivity contribution in [2.24, 2.45) is 0 Å². The van der Waals surface area contributed by atoms with Gasteiger partial charge < -0.3 is 10.6 Å². The van der Waals surface area contributed by atoms with Crippen molar-refractivity contribution in [1.82, 2.24) is 5.32 Å². The maximum atomic E-state index is 13.7. The Labute approximate surface area is 229 Å². The molecule has 0 aliphatic rings. The van der Waals surface area contributed by atoms with Crippen LogP contribution in [-0.4, -0.2) is 26.8 Å². The van der Waals surface area contributed by atoms with Crippen molar-refractivity contribution in [3.05, 3.63) is 125 Å². The van der Waals surface area contributed by atoms with Crippen LogP contribution in [0.15, 0.2) is 102 Å². The number of amides is 2. The minimum atomic E-state index is -4.06. The molecule has 0 bridgehead atoms. The van der Waals surface area contributed by atoms with Crippen molar-refractivity contribution in [3.8, 4) is 0 Å². The first-order valence-electron chi connectivity index (χ1n) is 12.5. The highest BCUT2D eigenvalue weighted by Gasteiger charge is 2.28. The van der Waals surface area contributed by atoms with Gasteiger partial charge in [-0.05, 0) is 73.9 Å². The molecule has 0 aromatic heterocycles. The molecule has 8 heteroatoms. The second kappa shape index (κ2) is 12.0. The number of benzene rings is 4. The van der Waals surface area contributed by atoms with Crippen LogP contribution in [0.2, 0.25) is 0 Å². The third-order valence-electron chi connectivity index (χ3n) is 6.13. The zero-order valence-electron chi connectivity index (χ0n) is 22.1. The fourth-order valence-corrected chi connectivity index (χ4v) is 5.64. The number of carbonyl (C=O) groups is 2. The summed E-state index contributed by atoms with van der Waals surface area (Å²) in [6.45, 7) is 5.48. The monoisotopic (exact) mass is 541 g/mol. The smallest absolute Gasteiger partial charge is 0.264 e. The summed E-state index contributed by atoms with van der Waals surface area (Å²) in [6.07, 6.45) is 0. The SMILES string of the molecule is Cc1ccc(S(=O)(=O)N(CC(=O)Nc2ccccc2C(=O)NCc2ccccc2)c2cc(C)cc(C)c2)cc1. The molecule has 0 unspecified atom stereocenters. The van der Waals surface area contributed by atoms with Gasteiger partial charge in [0, 0.05) is 6.54 Å². The third-order valence-corrected chi connectivity index (χ3v) is 7.92. The summed E-state index contributed by atoms with van der Waals surface area (Å²) in [7, 11) is -4.06. The Morgan fingerprint density at radius 1 is 0.744 bits per heavy atom. The Kier molecular flexibility index (Phi) is 8.46. The summed E-state index contributed by atoms with van der Waals surface area (Å²) in [5.41, 5.74) is 4.56. The lowest BCUT2D eigenvalue weighted by Gasteiger charge is -2.25. The van der Waals surface area contributed by atoms with Gasteiger partial charge in [0.1, 0.15) is 6.54 Å². The van der Waals surface area contributed by atoms with Crippen LogP contribution in [0, 0.1) is 20.8 Å². The minimum absolute atomic E-state index is 0.0840. The third kappa shape index (κ3) is 6.91. The van der Waals surface area contributed by atoms with Crippen molar-refractivity contribution >= 4 is 33.2 Å². The van der Waals surface area contributed by atoms with Gasteiger partial charge in [0.25, 0.3) is 15.9 Å². The zero-order valence-corrected chi connectivity index (χ0v) is 23.0. The van der Waals surface area contributed by atoms with E-state index in [1.165, 1.54) is 12.1 Å². The van der Waals surface area contributed by atoms with E-state index >= 15 is 0 Å². The van der Waals surface area contributed by atoms with Crippen LogP contribution in [0.1, 0.15) is 32.6 Å². The van der Waals surface area contributed by atoms with Crippen molar-refractivity contribution in [2.45, 2.75) is 32.2 Å². The number of hydrogen-bond acceptors (Lipinski definition) is 4. The number of carbonyl (C=O) groups excluding carboxylic acids is 2. The summed E-state index contributed by atoms with van der Waals surface area (Å²) in [6, 6.07) is 28.0. The van der Waals surface area contributed by atoms with E-state index in [0.29, 0.717) is 17.9 Å². The summed E-state index contributed by atoms with van der Waals surface area (Å²) in [5.74, 6) is -0.929. The van der Waals surface area contributed by atoms with Crippen LogP contribution in [0.4, 0.5) is 11.4 Å². The Morgan fingerprint density at radius 3 is 2.03 bits per heavy atom. The van der Waals surface area contributed by atoms with Gasteiger partial charge in [-0.15, -0.1) is 0 Å². The van der Waals surface area contributed by atoms with E-state index in [1.54, 1.807) is 48.5 Å². The van der Waals surface area contributed by atoms with E-state index in [4.69, 9.17) is 0 Å². The Balaban J connectivity index is 1.59. The van der Waals surface area contributed by atoms with Crippen molar-refractivity contribution in [2.75, 3.05) is 16.2 Å². The van der Waals surface area contributed by atoms with E-state index in [2.05, 4.69) is 10.6 Å². The predicted octanol–water partition coefficient (Wildman–Crippen LogP) is 5.38. The fraction of sp³-hybridized carbons (Fsp3) is 0.161. The standard InChI is InChI=1S/C31H31N3O4S/c1-22-13-15-27(16-14-22)39(37,38)34(26-18-23(2)17-24(3)19-26)21-30(35)33-29-12-8-7-11-28(29)31(36)32-20-25-9-5-4-6-10-25/h4-19H,20-21H2,1-3H3,(H,32,36)(H,33,35). The normalized spacial score (nSPS) is 11.1. The van der Waals surface area contributed by atoms with Gasteiger partial charge in [-0.25, -0.2) is 8.42 Å². The summed E-state index contributed by atoms with van der Waals surface area (Å²) in [5, 5.41) is 5.61. The number of hydrogen-bond donors (Lipinski definition) is 2. The maximum Gasteiger partial charge on any atom is 0.264 e. The number of nitrogens with one attached hydrogen (secondary N) is 2. The number of rotatable bonds is 9. The van der Waals surface area contributed by atoms with E-state index in [-0.39, 0.29) is 16.4 Å². The average molecular weight is 542 g/mol. The Bertz CT molecular complexity index is 1560. The molecule has 4 rings (SSSR count). The highest BCUT2D eigenvalue weighted by molar-refractivity contribution is 7.92. The van der Waals surface area contributed by atoms with Gasteiger partial charge in [0.05, 0.1) is 21.8 Å². The first-order chi connectivity index (χ1) is 18.6. The molecule has 0 aliphatic heterocycles. The molecule has 0 fully saturated rings. The van der Waals surface area contributed by atoms with Gasteiger partial charge in [0.2, 0.25) is 5.91 Å². The van der Waals surface area contributed by atoms with Crippen LogP contribution in [-0.2, 0) is 21.4 Å². The first kappa shape index (κ1) is 27.6. The number of nitrogens with zero attached hydrogens (tertiary/aromatic N) is 1. The zero-order chi connectivity index (χ0) is 28.0. The van der Waals surface area contributed by atoms with Gasteiger partial charge >= 0.3 is 0 Å². The second-order valence-corrected chi connectivity index (χ2v) is 11.3. The molecule has 0 saturated carbocycles. The van der Waals surface area contributed by atoms with E-state index in [1.807, 2.05) is 57.2 Å². The van der Waals surface area contributed by atoms with Gasteiger partial charge in [0.15, 0.2) is 0 Å². The molecule has 4 aromatic carbocycles. The van der Waals surface area contributed by atoms with Gasteiger partial charge in [-0.1, -0.05) is 66.2 Å². The second-order valence-electron chi connectivity index (χ2n) is 9.43. The van der Waals surface area contributed by atoms with E-state index < -0.39 is 22.5 Å². The minimum Gasteiger partial charge on any atom is -0.348 e. The van der Waals surface area contributed by atoms with Crippen molar-refractivity contribution < 1.29 is 18.0 Å². The molecule has 39 heavy (non-hydrogen) atoms. The lowest BCUT2D eigenvalue weighted by atomic mass is 10.1. The van der Waals surface area contributed by atoms with Crippen molar-refractivity contribution in [1.29, 1.82) is 0 Å². The fourth-order valence-electron chi connectivity index (χ4n) is 4.23. The lowest BCUT2D eigenvalue weighted by molar-refractivity contribution is -0.114. The summed E-state index contributed by atoms with van der Waals surface area (Å²) in [4.78, 5) is 26.3. The molecule has 4 aromatic rings. The molecule has 0 aliphatic carbocycles. The lowest BCUT2D eigenvalue weighted by Crippen LogP contribution is -2.38. The molecule has 2 N–H and O–H groups in total. The molecule has 7 nitrogen and oxygen atoms in total. The Hall–Kier alpha value is -4.43. The maximum absolute atomic E-state index is 13.7. The summed E-state index contributed by atoms with van der Waals surface area (Å²) >= 11 is 0. The molecular formula is C31H31N3O4S. The molecular weight excluding hydrogens is 510 g/mol. The van der Waals surface area contributed by atoms with Gasteiger partial charge in [-0.3, -0.25) is 13.9 Å². The number of aryl methyl sites for hydroxylation is 3. The van der Waals surface area contributed by atoms with Crippen LogP contribution < -0.4 is 14.9 Å². The van der Waals surface area contributed by atoms with Crippen LogP contribution in [0.5, 0.6) is 0 Å². The van der Waals surface area contributed by atoms with E-state index in [0.717, 1.165) is 26.6 Å². The number of sulfonamides is 1. The molecule has 0 spiro atoms. The molecule has 0 radical (unpaired) electrons. The average Bonchev–Trinajstić information content (AvgIpc) is 2.91. The molecule has 0 saturated heterocycles.